The van der Waals surface area contributed by atoms with Crippen LogP contribution in [0.1, 0.15) is 5.56 Å². The smallest absolute Gasteiger partial charge is 0.137 e. The molecule has 0 aliphatic rings. The molecule has 0 fully saturated rings. The molecule has 16 heavy (non-hydrogen) atoms. The molecule has 0 radical (unpaired) electrons. The van der Waals surface area contributed by atoms with Crippen molar-refractivity contribution in [3.05, 3.63) is 58.3 Å². The van der Waals surface area contributed by atoms with Crippen molar-refractivity contribution >= 4 is 31.9 Å². The highest BCUT2D eigenvalue weighted by Crippen LogP contribution is 2.28. The zero-order valence-corrected chi connectivity index (χ0v) is 11.6. The Balaban J connectivity index is 2.54. The first-order chi connectivity index (χ1) is 7.72. The van der Waals surface area contributed by atoms with Crippen LogP contribution in [0, 0.1) is 5.82 Å². The van der Waals surface area contributed by atoms with Crippen LogP contribution in [-0.2, 0) is 5.33 Å². The van der Waals surface area contributed by atoms with Crippen LogP contribution in [0.2, 0.25) is 0 Å². The van der Waals surface area contributed by atoms with Crippen LogP contribution < -0.4 is 0 Å². The van der Waals surface area contributed by atoms with Crippen LogP contribution in [0.3, 0.4) is 0 Å². The van der Waals surface area contributed by atoms with Gasteiger partial charge in [0.25, 0.3) is 0 Å². The van der Waals surface area contributed by atoms with E-state index < -0.39 is 0 Å². The van der Waals surface area contributed by atoms with Gasteiger partial charge in [-0.25, -0.2) is 4.39 Å². The maximum absolute atomic E-state index is 13.4. The average Bonchev–Trinajstić information content (AvgIpc) is 2.32. The van der Waals surface area contributed by atoms with Gasteiger partial charge in [-0.15, -0.1) is 0 Å². The molecule has 3 heteroatoms. The highest BCUT2D eigenvalue weighted by Gasteiger charge is 2.06. The van der Waals surface area contributed by atoms with Gasteiger partial charge in [-0.3, -0.25) is 0 Å². The van der Waals surface area contributed by atoms with E-state index in [1.807, 2.05) is 30.3 Å². The molecule has 0 nitrogen and oxygen atoms in total. The maximum Gasteiger partial charge on any atom is 0.137 e. The van der Waals surface area contributed by atoms with Gasteiger partial charge >= 0.3 is 0 Å². The molecule has 82 valence electrons. The lowest BCUT2D eigenvalue weighted by Crippen LogP contribution is -1.87. The fraction of sp³-hybridized carbons (Fsp3) is 0.0769. The van der Waals surface area contributed by atoms with Crippen LogP contribution in [-0.4, -0.2) is 0 Å². The third kappa shape index (κ3) is 2.36. The van der Waals surface area contributed by atoms with Gasteiger partial charge in [0, 0.05) is 5.33 Å². The Morgan fingerprint density at radius 2 is 1.81 bits per heavy atom. The molecule has 0 aliphatic heterocycles. The summed E-state index contributed by atoms with van der Waals surface area (Å²) in [7, 11) is 0. The molecular formula is C13H9Br2F. The van der Waals surface area contributed by atoms with Crippen LogP contribution >= 0.6 is 31.9 Å². The van der Waals surface area contributed by atoms with Gasteiger partial charge in [-0.1, -0.05) is 46.3 Å². The van der Waals surface area contributed by atoms with Crippen molar-refractivity contribution < 1.29 is 4.39 Å². The quantitative estimate of drug-likeness (QED) is 0.661. The van der Waals surface area contributed by atoms with Gasteiger partial charge in [0.2, 0.25) is 0 Å². The molecule has 0 aromatic heterocycles. The lowest BCUT2D eigenvalue weighted by Gasteiger charge is -2.07. The summed E-state index contributed by atoms with van der Waals surface area (Å²) in [4.78, 5) is 0. The van der Waals surface area contributed by atoms with Gasteiger partial charge < -0.3 is 0 Å². The lowest BCUT2D eigenvalue weighted by molar-refractivity contribution is 0.621. The van der Waals surface area contributed by atoms with Crippen molar-refractivity contribution in [1.82, 2.24) is 0 Å². The topological polar surface area (TPSA) is 0 Å². The van der Waals surface area contributed by atoms with Crippen LogP contribution in [0.5, 0.6) is 0 Å². The second-order valence-electron chi connectivity index (χ2n) is 3.42. The Kier molecular flexibility index (Phi) is 3.77. The molecule has 0 N–H and O–H groups in total. The second-order valence-corrected chi connectivity index (χ2v) is 4.83. The minimum Gasteiger partial charge on any atom is -0.206 e. The molecule has 0 unspecified atom stereocenters. The van der Waals surface area contributed by atoms with Gasteiger partial charge in [0.05, 0.1) is 4.47 Å². The summed E-state index contributed by atoms with van der Waals surface area (Å²) < 4.78 is 13.9. The fourth-order valence-electron chi connectivity index (χ4n) is 1.58. The number of rotatable bonds is 2. The predicted octanol–water partition coefficient (Wildman–Crippen LogP) is 5.15. The van der Waals surface area contributed by atoms with Gasteiger partial charge in [0.1, 0.15) is 5.82 Å². The van der Waals surface area contributed by atoms with Crippen LogP contribution in [0.4, 0.5) is 4.39 Å². The molecule has 0 saturated carbocycles. The van der Waals surface area contributed by atoms with E-state index in [0.717, 1.165) is 22.0 Å². The Labute approximate surface area is 111 Å². The summed E-state index contributed by atoms with van der Waals surface area (Å²) in [5.41, 5.74) is 3.12. The van der Waals surface area contributed by atoms with E-state index >= 15 is 0 Å². The van der Waals surface area contributed by atoms with Crippen LogP contribution in [0.25, 0.3) is 11.1 Å². The summed E-state index contributed by atoms with van der Waals surface area (Å²) in [6.45, 7) is 0. The largest absolute Gasteiger partial charge is 0.206 e. The molecule has 2 aromatic carbocycles. The summed E-state index contributed by atoms with van der Waals surface area (Å²) in [5.74, 6) is -0.234. The SMILES string of the molecule is Fc1cc(-c2ccccc2CBr)ccc1Br. The minimum atomic E-state index is -0.234. The number of benzene rings is 2. The monoisotopic (exact) mass is 342 g/mol. The van der Waals surface area contributed by atoms with Gasteiger partial charge in [0.15, 0.2) is 0 Å². The second kappa shape index (κ2) is 5.11. The molecule has 0 bridgehead atoms. The number of alkyl halides is 1. The van der Waals surface area contributed by atoms with E-state index in [1.165, 1.54) is 0 Å². The van der Waals surface area contributed by atoms with Crippen molar-refractivity contribution in [2.45, 2.75) is 5.33 Å². The third-order valence-electron chi connectivity index (χ3n) is 2.39. The van der Waals surface area contributed by atoms with Gasteiger partial charge in [-0.05, 0) is 44.8 Å². The summed E-state index contributed by atoms with van der Waals surface area (Å²) >= 11 is 6.59. The Morgan fingerprint density at radius 1 is 1.06 bits per heavy atom. The van der Waals surface area contributed by atoms with Crippen LogP contribution in [0.15, 0.2) is 46.9 Å². The van der Waals surface area contributed by atoms with E-state index in [-0.39, 0.29) is 5.82 Å². The van der Waals surface area contributed by atoms with Crippen molar-refractivity contribution in [2.24, 2.45) is 0 Å². The Morgan fingerprint density at radius 3 is 2.50 bits per heavy atom. The minimum absolute atomic E-state index is 0.234. The summed E-state index contributed by atoms with van der Waals surface area (Å²) in [6, 6.07) is 13.2. The molecule has 0 saturated heterocycles. The normalized spacial score (nSPS) is 10.4. The number of halogens is 3. The molecule has 0 spiro atoms. The highest BCUT2D eigenvalue weighted by molar-refractivity contribution is 9.10. The van der Waals surface area contributed by atoms with Crippen molar-refractivity contribution in [3.8, 4) is 11.1 Å². The summed E-state index contributed by atoms with van der Waals surface area (Å²) in [6.07, 6.45) is 0. The van der Waals surface area contributed by atoms with Crippen molar-refractivity contribution in [1.29, 1.82) is 0 Å². The molecule has 0 atom stereocenters. The summed E-state index contributed by atoms with van der Waals surface area (Å²) in [5, 5.41) is 0.765. The molecule has 2 aromatic rings. The van der Waals surface area contributed by atoms with E-state index in [0.29, 0.717) is 4.47 Å². The predicted molar refractivity (Wildman–Crippen MR) is 72.2 cm³/mol. The highest BCUT2D eigenvalue weighted by atomic mass is 79.9. The molecule has 0 aliphatic carbocycles. The zero-order valence-electron chi connectivity index (χ0n) is 8.38. The van der Waals surface area contributed by atoms with Crippen molar-refractivity contribution in [3.63, 3.8) is 0 Å². The third-order valence-corrected chi connectivity index (χ3v) is 3.64. The van der Waals surface area contributed by atoms with E-state index in [1.54, 1.807) is 12.1 Å². The first kappa shape index (κ1) is 11.8. The Hall–Kier alpha value is -0.670. The lowest BCUT2D eigenvalue weighted by atomic mass is 10.0. The maximum atomic E-state index is 13.4. The van der Waals surface area contributed by atoms with E-state index in [4.69, 9.17) is 0 Å². The number of hydrogen-bond donors (Lipinski definition) is 0. The van der Waals surface area contributed by atoms with E-state index in [9.17, 15) is 4.39 Å². The van der Waals surface area contributed by atoms with E-state index in [2.05, 4.69) is 31.9 Å². The zero-order chi connectivity index (χ0) is 11.5. The fourth-order valence-corrected chi connectivity index (χ4v) is 2.32. The first-order valence-corrected chi connectivity index (χ1v) is 6.73. The standard InChI is InChI=1S/C13H9Br2F/c14-8-10-3-1-2-4-11(10)9-5-6-12(15)13(16)7-9/h1-7H,8H2. The average molecular weight is 344 g/mol. The Bertz CT molecular complexity index is 509. The van der Waals surface area contributed by atoms with Crippen molar-refractivity contribution in [2.75, 3.05) is 0 Å². The number of hydrogen-bond acceptors (Lipinski definition) is 0. The molecule has 0 heterocycles. The first-order valence-electron chi connectivity index (χ1n) is 4.81. The molecule has 2 rings (SSSR count). The molecular weight excluding hydrogens is 335 g/mol. The molecule has 0 amide bonds. The van der Waals surface area contributed by atoms with Gasteiger partial charge in [-0.2, -0.15) is 0 Å².